The van der Waals surface area contributed by atoms with Gasteiger partial charge in [0.1, 0.15) is 11.5 Å². The number of fused-ring (bicyclic) bond motifs is 1. The van der Waals surface area contributed by atoms with Crippen LogP contribution < -0.4 is 14.4 Å². The summed E-state index contributed by atoms with van der Waals surface area (Å²) in [6.07, 6.45) is 0.562. The van der Waals surface area contributed by atoms with Crippen LogP contribution in [-0.4, -0.2) is 25.8 Å². The highest BCUT2D eigenvalue weighted by atomic mass is 16.5. The highest BCUT2D eigenvalue weighted by Gasteiger charge is 2.33. The standard InChI is InChI=1S/C30H26N2O3/c1-34-24-16-12-22(13-17-24)29-20-27(21-8-4-3-5-9-21)31-26-10-6-7-11-28(26)32(29)30(33)23-14-18-25(35-2)19-15-23/h3-19,29H,20H2,1-2H3. The number of carbonyl (C=O) groups is 1. The lowest BCUT2D eigenvalue weighted by atomic mass is 9.95. The molecule has 1 amide bonds. The molecule has 5 heteroatoms. The van der Waals surface area contributed by atoms with E-state index in [0.29, 0.717) is 17.7 Å². The number of ether oxygens (including phenoxy) is 2. The summed E-state index contributed by atoms with van der Waals surface area (Å²) < 4.78 is 10.7. The summed E-state index contributed by atoms with van der Waals surface area (Å²) in [4.78, 5) is 21.0. The van der Waals surface area contributed by atoms with Crippen molar-refractivity contribution in [2.24, 2.45) is 4.99 Å². The molecule has 0 spiro atoms. The minimum Gasteiger partial charge on any atom is -0.497 e. The van der Waals surface area contributed by atoms with Crippen molar-refractivity contribution in [3.63, 3.8) is 0 Å². The number of amides is 1. The first-order valence-electron chi connectivity index (χ1n) is 11.5. The largest absolute Gasteiger partial charge is 0.497 e. The van der Waals surface area contributed by atoms with Crippen molar-refractivity contribution >= 4 is 23.0 Å². The molecule has 0 aliphatic carbocycles. The Morgan fingerprint density at radius 1 is 0.771 bits per heavy atom. The number of methoxy groups -OCH3 is 2. The van der Waals surface area contributed by atoms with Crippen molar-refractivity contribution in [2.75, 3.05) is 19.1 Å². The maximum absolute atomic E-state index is 14.1. The van der Waals surface area contributed by atoms with E-state index >= 15 is 0 Å². The van der Waals surface area contributed by atoms with E-state index in [9.17, 15) is 4.79 Å². The molecule has 1 aliphatic heterocycles. The molecule has 0 radical (unpaired) electrons. The number of hydrogen-bond acceptors (Lipinski definition) is 4. The van der Waals surface area contributed by atoms with Crippen molar-refractivity contribution in [3.05, 3.63) is 120 Å². The van der Waals surface area contributed by atoms with Crippen LogP contribution in [-0.2, 0) is 0 Å². The van der Waals surface area contributed by atoms with Gasteiger partial charge in [0.25, 0.3) is 5.91 Å². The van der Waals surface area contributed by atoms with Crippen LogP contribution in [0.4, 0.5) is 11.4 Å². The Kier molecular flexibility index (Phi) is 6.31. The molecule has 1 aliphatic rings. The van der Waals surface area contributed by atoms with Gasteiger partial charge in [0.15, 0.2) is 0 Å². The quantitative estimate of drug-likeness (QED) is 0.335. The van der Waals surface area contributed by atoms with Crippen LogP contribution >= 0.6 is 0 Å². The Bertz CT molecular complexity index is 1350. The lowest BCUT2D eigenvalue weighted by Gasteiger charge is -2.32. The highest BCUT2D eigenvalue weighted by molar-refractivity contribution is 6.11. The molecule has 5 rings (SSSR count). The SMILES string of the molecule is COc1ccc(C(=O)N2c3ccccc3N=C(c3ccccc3)CC2c2ccc(OC)cc2)cc1. The van der Waals surface area contributed by atoms with Crippen molar-refractivity contribution in [2.45, 2.75) is 12.5 Å². The maximum Gasteiger partial charge on any atom is 0.258 e. The van der Waals surface area contributed by atoms with Crippen LogP contribution in [0.2, 0.25) is 0 Å². The summed E-state index contributed by atoms with van der Waals surface area (Å²) in [6.45, 7) is 0. The van der Waals surface area contributed by atoms with Gasteiger partial charge in [0.05, 0.1) is 37.3 Å². The van der Waals surface area contributed by atoms with Crippen LogP contribution in [0.25, 0.3) is 0 Å². The number of carbonyl (C=O) groups excluding carboxylic acids is 1. The topological polar surface area (TPSA) is 51.1 Å². The predicted molar refractivity (Wildman–Crippen MR) is 139 cm³/mol. The average molecular weight is 463 g/mol. The van der Waals surface area contributed by atoms with Crippen molar-refractivity contribution < 1.29 is 14.3 Å². The number of nitrogens with zero attached hydrogens (tertiary/aromatic N) is 2. The van der Waals surface area contributed by atoms with E-state index in [4.69, 9.17) is 14.5 Å². The number of hydrogen-bond donors (Lipinski definition) is 0. The van der Waals surface area contributed by atoms with Gasteiger partial charge in [-0.15, -0.1) is 0 Å². The fourth-order valence-corrected chi connectivity index (χ4v) is 4.43. The molecule has 1 atom stereocenters. The maximum atomic E-state index is 14.1. The van der Waals surface area contributed by atoms with Gasteiger partial charge in [-0.05, 0) is 59.7 Å². The van der Waals surface area contributed by atoms with E-state index in [1.165, 1.54) is 0 Å². The van der Waals surface area contributed by atoms with Gasteiger partial charge in [-0.1, -0.05) is 54.6 Å². The van der Waals surface area contributed by atoms with Gasteiger partial charge in [0, 0.05) is 12.0 Å². The Morgan fingerprint density at radius 3 is 2.03 bits per heavy atom. The molecule has 0 saturated heterocycles. The second-order valence-corrected chi connectivity index (χ2v) is 8.31. The number of rotatable bonds is 5. The predicted octanol–water partition coefficient (Wildman–Crippen LogP) is 6.62. The van der Waals surface area contributed by atoms with E-state index in [1.807, 2.05) is 83.8 Å². The van der Waals surface area contributed by atoms with Gasteiger partial charge in [-0.2, -0.15) is 0 Å². The normalized spacial score (nSPS) is 15.0. The first-order valence-corrected chi connectivity index (χ1v) is 11.5. The van der Waals surface area contributed by atoms with Crippen molar-refractivity contribution in [3.8, 4) is 11.5 Å². The van der Waals surface area contributed by atoms with E-state index in [0.717, 1.165) is 34.0 Å². The van der Waals surface area contributed by atoms with Crippen LogP contribution in [0.5, 0.6) is 11.5 Å². The smallest absolute Gasteiger partial charge is 0.258 e. The summed E-state index contributed by atoms with van der Waals surface area (Å²) in [5.74, 6) is 1.39. The molecule has 4 aromatic carbocycles. The third kappa shape index (κ3) is 4.53. The van der Waals surface area contributed by atoms with Crippen molar-refractivity contribution in [1.82, 2.24) is 0 Å². The number of para-hydroxylation sites is 2. The molecular formula is C30H26N2O3. The van der Waals surface area contributed by atoms with E-state index in [1.54, 1.807) is 26.4 Å². The lowest BCUT2D eigenvalue weighted by Crippen LogP contribution is -2.35. The van der Waals surface area contributed by atoms with Gasteiger partial charge in [-0.25, -0.2) is 0 Å². The molecular weight excluding hydrogens is 436 g/mol. The summed E-state index contributed by atoms with van der Waals surface area (Å²) in [6, 6.07) is 32.8. The van der Waals surface area contributed by atoms with Crippen molar-refractivity contribution in [1.29, 1.82) is 0 Å². The second-order valence-electron chi connectivity index (χ2n) is 8.31. The Hall–Kier alpha value is -4.38. The minimum absolute atomic E-state index is 0.0922. The molecule has 0 aromatic heterocycles. The van der Waals surface area contributed by atoms with Crippen LogP contribution in [0.3, 0.4) is 0 Å². The summed E-state index contributed by atoms with van der Waals surface area (Å²) in [5.41, 5.74) is 5.11. The van der Waals surface area contributed by atoms with Crippen LogP contribution in [0.15, 0.2) is 108 Å². The number of anilines is 1. The Balaban J connectivity index is 1.67. The Morgan fingerprint density at radius 2 is 1.37 bits per heavy atom. The summed E-state index contributed by atoms with van der Waals surface area (Å²) in [7, 11) is 3.26. The first-order chi connectivity index (χ1) is 17.2. The zero-order valence-electron chi connectivity index (χ0n) is 19.7. The van der Waals surface area contributed by atoms with E-state index in [2.05, 4.69) is 12.1 Å². The molecule has 35 heavy (non-hydrogen) atoms. The first kappa shape index (κ1) is 22.4. The van der Waals surface area contributed by atoms with E-state index < -0.39 is 0 Å². The van der Waals surface area contributed by atoms with E-state index in [-0.39, 0.29) is 11.9 Å². The average Bonchev–Trinajstić information content (AvgIpc) is 3.10. The number of aliphatic imine (C=N–C) groups is 1. The zero-order valence-corrected chi connectivity index (χ0v) is 19.7. The number of benzene rings is 4. The third-order valence-corrected chi connectivity index (χ3v) is 6.26. The third-order valence-electron chi connectivity index (χ3n) is 6.26. The van der Waals surface area contributed by atoms with Crippen LogP contribution in [0.1, 0.15) is 33.9 Å². The lowest BCUT2D eigenvalue weighted by molar-refractivity contribution is 0.0977. The fourth-order valence-electron chi connectivity index (χ4n) is 4.43. The zero-order chi connectivity index (χ0) is 24.2. The molecule has 174 valence electrons. The molecule has 0 bridgehead atoms. The molecule has 0 N–H and O–H groups in total. The summed E-state index contributed by atoms with van der Waals surface area (Å²) >= 11 is 0. The fraction of sp³-hybridized carbons (Fsp3) is 0.133. The molecule has 1 unspecified atom stereocenters. The molecule has 4 aromatic rings. The van der Waals surface area contributed by atoms with Gasteiger partial charge in [0.2, 0.25) is 0 Å². The highest BCUT2D eigenvalue weighted by Crippen LogP contribution is 2.41. The van der Waals surface area contributed by atoms with Gasteiger partial charge >= 0.3 is 0 Å². The van der Waals surface area contributed by atoms with Gasteiger partial charge in [-0.3, -0.25) is 14.7 Å². The molecule has 1 heterocycles. The van der Waals surface area contributed by atoms with Crippen LogP contribution in [0, 0.1) is 0 Å². The monoisotopic (exact) mass is 462 g/mol. The second kappa shape index (κ2) is 9.85. The molecule has 0 fully saturated rings. The Labute approximate surface area is 205 Å². The summed E-state index contributed by atoms with van der Waals surface area (Å²) in [5, 5.41) is 0. The van der Waals surface area contributed by atoms with Gasteiger partial charge < -0.3 is 9.47 Å². The minimum atomic E-state index is -0.266. The molecule has 0 saturated carbocycles. The molecule has 5 nitrogen and oxygen atoms in total.